The molecule has 170 valence electrons. The van der Waals surface area contributed by atoms with Crippen LogP contribution in [0, 0.1) is 5.82 Å². The van der Waals surface area contributed by atoms with E-state index in [0.717, 1.165) is 5.56 Å². The number of carbonyl (C=O) groups excluding carboxylic acids is 1. The van der Waals surface area contributed by atoms with E-state index < -0.39 is 6.04 Å². The summed E-state index contributed by atoms with van der Waals surface area (Å²) in [6.45, 7) is 1.94. The van der Waals surface area contributed by atoms with Gasteiger partial charge in [-0.3, -0.25) is 9.36 Å². The first-order valence-electron chi connectivity index (χ1n) is 10.3. The lowest BCUT2D eigenvalue weighted by atomic mass is 10.2. The Hall–Kier alpha value is -3.10. The van der Waals surface area contributed by atoms with Crippen molar-refractivity contribution in [3.8, 4) is 5.75 Å². The number of benzene rings is 2. The Morgan fingerprint density at radius 1 is 1.24 bits per heavy atom. The lowest BCUT2D eigenvalue weighted by Crippen LogP contribution is -2.26. The summed E-state index contributed by atoms with van der Waals surface area (Å²) in [6, 6.07) is 14.6. The van der Waals surface area contributed by atoms with Crippen molar-refractivity contribution in [2.45, 2.75) is 30.3 Å². The molecule has 33 heavy (non-hydrogen) atoms. The Labute approximate surface area is 200 Å². The van der Waals surface area contributed by atoms with Gasteiger partial charge in [-0.15, -0.1) is 0 Å². The fourth-order valence-corrected chi connectivity index (χ4v) is 4.74. The van der Waals surface area contributed by atoms with Crippen LogP contribution in [-0.2, 0) is 10.5 Å². The van der Waals surface area contributed by atoms with E-state index in [1.807, 2.05) is 23.6 Å². The van der Waals surface area contributed by atoms with Gasteiger partial charge in [0.2, 0.25) is 5.91 Å². The number of anilines is 1. The quantitative estimate of drug-likeness (QED) is 0.305. The van der Waals surface area contributed by atoms with Gasteiger partial charge in [0.05, 0.1) is 12.1 Å². The van der Waals surface area contributed by atoms with Gasteiger partial charge >= 0.3 is 0 Å². The van der Waals surface area contributed by atoms with Crippen LogP contribution in [0.4, 0.5) is 10.1 Å². The molecule has 0 bridgehead atoms. The lowest BCUT2D eigenvalue weighted by molar-refractivity contribution is -0.119. The molecule has 1 atom stereocenters. The summed E-state index contributed by atoms with van der Waals surface area (Å²) in [5.74, 6) is 0.635. The molecule has 4 rings (SSSR count). The first-order chi connectivity index (χ1) is 16.0. The van der Waals surface area contributed by atoms with E-state index in [2.05, 4.69) is 10.3 Å². The number of halogens is 2. The fraction of sp³-hybridized carbons (Fsp3) is 0.208. The number of pyridine rings is 1. The minimum absolute atomic E-state index is 0.202. The van der Waals surface area contributed by atoms with Gasteiger partial charge in [0, 0.05) is 17.6 Å². The number of hydrogen-bond acceptors (Lipinski definition) is 5. The topological polar surface area (TPSA) is 69.0 Å². The number of amides is 1. The summed E-state index contributed by atoms with van der Waals surface area (Å²) < 4.78 is 20.3. The number of carbonyl (C=O) groups is 1. The Kier molecular flexibility index (Phi) is 7.15. The van der Waals surface area contributed by atoms with Crippen LogP contribution in [0.3, 0.4) is 0 Å². The third-order valence-corrected chi connectivity index (χ3v) is 6.44. The second-order valence-electron chi connectivity index (χ2n) is 7.29. The SMILES string of the molecule is CC[C@H](C(=O)Nc1ccc(OC)c(Cl)c1)n1c(SCc2ccc(F)cc2)nc2cccnc21. The van der Waals surface area contributed by atoms with E-state index in [4.69, 9.17) is 21.3 Å². The molecule has 0 radical (unpaired) electrons. The first-order valence-corrected chi connectivity index (χ1v) is 11.7. The van der Waals surface area contributed by atoms with Crippen LogP contribution in [0.25, 0.3) is 11.2 Å². The van der Waals surface area contributed by atoms with Gasteiger partial charge in [0.15, 0.2) is 10.8 Å². The number of nitrogens with one attached hydrogen (secondary N) is 1. The predicted molar refractivity (Wildman–Crippen MR) is 129 cm³/mol. The van der Waals surface area contributed by atoms with E-state index in [1.54, 1.807) is 36.5 Å². The molecule has 0 fully saturated rings. The van der Waals surface area contributed by atoms with E-state index in [9.17, 15) is 9.18 Å². The highest BCUT2D eigenvalue weighted by atomic mass is 35.5. The average molecular weight is 485 g/mol. The maximum Gasteiger partial charge on any atom is 0.247 e. The van der Waals surface area contributed by atoms with Crippen molar-refractivity contribution < 1.29 is 13.9 Å². The maximum atomic E-state index is 13.3. The average Bonchev–Trinajstić information content (AvgIpc) is 3.18. The standard InChI is InChI=1S/C24H22ClFN4O2S/c1-3-20(23(31)28-17-10-11-21(32-2)18(25)13-17)30-22-19(5-4-12-27-22)29-24(30)33-14-15-6-8-16(26)9-7-15/h4-13,20H,3,14H2,1-2H3,(H,28,31)/t20-/m1/s1. The van der Waals surface area contributed by atoms with E-state index in [-0.39, 0.29) is 11.7 Å². The van der Waals surface area contributed by atoms with Gasteiger partial charge < -0.3 is 10.1 Å². The molecule has 1 N–H and O–H groups in total. The molecule has 0 aliphatic heterocycles. The molecule has 1 amide bonds. The van der Waals surface area contributed by atoms with Crippen molar-refractivity contribution in [1.29, 1.82) is 0 Å². The van der Waals surface area contributed by atoms with E-state index in [1.165, 1.54) is 31.0 Å². The fourth-order valence-electron chi connectivity index (χ4n) is 3.48. The Morgan fingerprint density at radius 2 is 2.03 bits per heavy atom. The summed E-state index contributed by atoms with van der Waals surface area (Å²) in [6.07, 6.45) is 2.21. The molecule has 2 aromatic heterocycles. The number of thioether (sulfide) groups is 1. The summed E-state index contributed by atoms with van der Waals surface area (Å²) in [7, 11) is 1.54. The van der Waals surface area contributed by atoms with Crippen LogP contribution in [-0.4, -0.2) is 27.6 Å². The molecular weight excluding hydrogens is 463 g/mol. The van der Waals surface area contributed by atoms with Gasteiger partial charge in [0.25, 0.3) is 0 Å². The summed E-state index contributed by atoms with van der Waals surface area (Å²) >= 11 is 7.69. The number of methoxy groups -OCH3 is 1. The minimum Gasteiger partial charge on any atom is -0.495 e. The number of fused-ring (bicyclic) bond motifs is 1. The Morgan fingerprint density at radius 3 is 2.73 bits per heavy atom. The number of aromatic nitrogens is 3. The van der Waals surface area contributed by atoms with Crippen LogP contribution in [0.1, 0.15) is 24.9 Å². The first kappa shape index (κ1) is 23.1. The molecule has 2 heterocycles. The zero-order valence-electron chi connectivity index (χ0n) is 18.1. The monoisotopic (exact) mass is 484 g/mol. The van der Waals surface area contributed by atoms with E-state index >= 15 is 0 Å². The number of nitrogens with zero attached hydrogens (tertiary/aromatic N) is 3. The number of hydrogen-bond donors (Lipinski definition) is 1. The summed E-state index contributed by atoms with van der Waals surface area (Å²) in [5.41, 5.74) is 2.87. The molecule has 0 saturated carbocycles. The molecule has 0 spiro atoms. The summed E-state index contributed by atoms with van der Waals surface area (Å²) in [5, 5.41) is 4.02. The van der Waals surface area contributed by atoms with Crippen molar-refractivity contribution >= 4 is 46.1 Å². The maximum absolute atomic E-state index is 13.3. The molecule has 9 heteroatoms. The van der Waals surface area contributed by atoms with Crippen molar-refractivity contribution in [3.63, 3.8) is 0 Å². The Balaban J connectivity index is 1.63. The second-order valence-corrected chi connectivity index (χ2v) is 8.64. The predicted octanol–water partition coefficient (Wildman–Crippen LogP) is 6.11. The molecule has 4 aromatic rings. The van der Waals surface area contributed by atoms with Crippen molar-refractivity contribution in [2.75, 3.05) is 12.4 Å². The number of rotatable bonds is 8. The third kappa shape index (κ3) is 5.12. The van der Waals surface area contributed by atoms with Crippen molar-refractivity contribution in [3.05, 3.63) is 77.2 Å². The molecular formula is C24H22ClFN4O2S. The van der Waals surface area contributed by atoms with Crippen LogP contribution in [0.15, 0.2) is 66.0 Å². The molecule has 6 nitrogen and oxygen atoms in total. The van der Waals surface area contributed by atoms with Crippen molar-refractivity contribution in [1.82, 2.24) is 14.5 Å². The zero-order valence-corrected chi connectivity index (χ0v) is 19.7. The minimum atomic E-state index is -0.540. The van der Waals surface area contributed by atoms with Crippen LogP contribution >= 0.6 is 23.4 Å². The highest BCUT2D eigenvalue weighted by molar-refractivity contribution is 7.98. The largest absolute Gasteiger partial charge is 0.495 e. The molecule has 0 unspecified atom stereocenters. The van der Waals surface area contributed by atoms with Crippen molar-refractivity contribution in [2.24, 2.45) is 0 Å². The van der Waals surface area contributed by atoms with E-state index in [0.29, 0.717) is 45.0 Å². The molecule has 0 aliphatic rings. The van der Waals surface area contributed by atoms with Crippen LogP contribution in [0.5, 0.6) is 5.75 Å². The van der Waals surface area contributed by atoms with Crippen LogP contribution in [0.2, 0.25) is 5.02 Å². The van der Waals surface area contributed by atoms with Gasteiger partial charge in [-0.2, -0.15) is 0 Å². The smallest absolute Gasteiger partial charge is 0.247 e. The highest BCUT2D eigenvalue weighted by Gasteiger charge is 2.25. The molecule has 2 aromatic carbocycles. The Bertz CT molecular complexity index is 1280. The van der Waals surface area contributed by atoms with Gasteiger partial charge in [-0.25, -0.2) is 14.4 Å². The highest BCUT2D eigenvalue weighted by Crippen LogP contribution is 2.32. The molecule has 0 saturated heterocycles. The summed E-state index contributed by atoms with van der Waals surface area (Å²) in [4.78, 5) is 22.5. The van der Waals surface area contributed by atoms with Crippen LogP contribution < -0.4 is 10.1 Å². The van der Waals surface area contributed by atoms with Gasteiger partial charge in [-0.1, -0.05) is 42.4 Å². The normalized spacial score (nSPS) is 12.0. The third-order valence-electron chi connectivity index (χ3n) is 5.12. The second kappa shape index (κ2) is 10.2. The van der Waals surface area contributed by atoms with Gasteiger partial charge in [-0.05, 0) is 54.4 Å². The number of ether oxygens (including phenoxy) is 1. The van der Waals surface area contributed by atoms with Gasteiger partial charge in [0.1, 0.15) is 23.1 Å². The lowest BCUT2D eigenvalue weighted by Gasteiger charge is -2.19. The molecule has 0 aliphatic carbocycles. The zero-order chi connectivity index (χ0) is 23.4. The number of imidazole rings is 1.